The molecule has 1 saturated carbocycles. The second-order valence-electron chi connectivity index (χ2n) is 8.83. The summed E-state index contributed by atoms with van der Waals surface area (Å²) in [5.74, 6) is 0.206. The molecule has 1 aliphatic heterocycles. The van der Waals surface area contributed by atoms with Crippen molar-refractivity contribution in [1.82, 2.24) is 10.6 Å². The van der Waals surface area contributed by atoms with Crippen molar-refractivity contribution in [3.63, 3.8) is 0 Å². The van der Waals surface area contributed by atoms with E-state index in [9.17, 15) is 9.90 Å². The van der Waals surface area contributed by atoms with Gasteiger partial charge in [0.1, 0.15) is 0 Å². The van der Waals surface area contributed by atoms with E-state index in [0.29, 0.717) is 17.4 Å². The van der Waals surface area contributed by atoms with Crippen LogP contribution in [0.4, 0.5) is 0 Å². The highest BCUT2D eigenvalue weighted by molar-refractivity contribution is 5.87. The molecule has 5 nitrogen and oxygen atoms in total. The Labute approximate surface area is 176 Å². The molecule has 1 aliphatic carbocycles. The van der Waals surface area contributed by atoms with Crippen LogP contribution in [-0.2, 0) is 0 Å². The first-order chi connectivity index (χ1) is 14.0. The molecule has 1 aromatic rings. The van der Waals surface area contributed by atoms with E-state index in [4.69, 9.17) is 5.11 Å². The van der Waals surface area contributed by atoms with Crippen LogP contribution >= 0.6 is 0 Å². The maximum atomic E-state index is 10.9. The van der Waals surface area contributed by atoms with Gasteiger partial charge in [0.15, 0.2) is 0 Å². The maximum absolute atomic E-state index is 10.9. The first-order valence-electron chi connectivity index (χ1n) is 11.4. The average molecular weight is 405 g/mol. The molecule has 2 fully saturated rings. The Morgan fingerprint density at radius 3 is 2.10 bits per heavy atom. The van der Waals surface area contributed by atoms with Gasteiger partial charge in [-0.3, -0.25) is 0 Å². The Balaban J connectivity index is 0.000000278. The molecule has 1 heterocycles. The maximum Gasteiger partial charge on any atom is 0.335 e. The van der Waals surface area contributed by atoms with Crippen LogP contribution in [-0.4, -0.2) is 48.0 Å². The van der Waals surface area contributed by atoms with Crippen LogP contribution in [0.3, 0.4) is 0 Å². The molecule has 2 aliphatic rings. The molecule has 2 atom stereocenters. The summed E-state index contributed by atoms with van der Waals surface area (Å²) < 4.78 is 0. The predicted molar refractivity (Wildman–Crippen MR) is 118 cm³/mol. The van der Waals surface area contributed by atoms with Gasteiger partial charge in [-0.15, -0.1) is 0 Å². The standard InChI is InChI=1S/C17H34N2O.C7H6O2/c1-17(20)14-19-12-8-11-18-13-16(17)15-9-6-4-2-3-5-7-10-15;8-7(9)6-4-2-1-3-5-6/h15-16,18-20H,2-14H2,1H3;1-5H,(H,8,9). The molecular formula is C24H40N2O3. The van der Waals surface area contributed by atoms with E-state index < -0.39 is 11.6 Å². The highest BCUT2D eigenvalue weighted by atomic mass is 16.4. The third kappa shape index (κ3) is 8.85. The summed E-state index contributed by atoms with van der Waals surface area (Å²) in [5.41, 5.74) is -0.242. The molecule has 0 amide bonds. The highest BCUT2D eigenvalue weighted by Gasteiger charge is 2.37. The molecule has 4 N–H and O–H groups in total. The number of hydrogen-bond donors (Lipinski definition) is 4. The molecule has 0 aromatic heterocycles. The summed E-state index contributed by atoms with van der Waals surface area (Å²) in [6.07, 6.45) is 12.1. The third-order valence-corrected chi connectivity index (χ3v) is 6.34. The van der Waals surface area contributed by atoms with Gasteiger partial charge in [0.25, 0.3) is 0 Å². The average Bonchev–Trinajstić information content (AvgIpc) is 2.89. The first-order valence-corrected chi connectivity index (χ1v) is 11.4. The van der Waals surface area contributed by atoms with Gasteiger partial charge in [0, 0.05) is 19.0 Å². The van der Waals surface area contributed by atoms with Crippen LogP contribution in [0.1, 0.15) is 75.1 Å². The zero-order valence-corrected chi connectivity index (χ0v) is 18.0. The van der Waals surface area contributed by atoms with Crippen molar-refractivity contribution in [3.8, 4) is 0 Å². The summed E-state index contributed by atoms with van der Waals surface area (Å²) in [6, 6.07) is 8.30. The quantitative estimate of drug-likeness (QED) is 0.597. The Morgan fingerprint density at radius 1 is 0.931 bits per heavy atom. The normalized spacial score (nSPS) is 27.6. The van der Waals surface area contributed by atoms with Gasteiger partial charge < -0.3 is 20.8 Å². The first kappa shape index (κ1) is 23.8. The van der Waals surface area contributed by atoms with Gasteiger partial charge in [-0.2, -0.15) is 0 Å². The fourth-order valence-electron chi connectivity index (χ4n) is 4.61. The van der Waals surface area contributed by atoms with E-state index in [1.807, 2.05) is 6.92 Å². The van der Waals surface area contributed by atoms with E-state index in [-0.39, 0.29) is 0 Å². The van der Waals surface area contributed by atoms with Gasteiger partial charge >= 0.3 is 5.97 Å². The van der Waals surface area contributed by atoms with Crippen LogP contribution in [0.15, 0.2) is 30.3 Å². The van der Waals surface area contributed by atoms with Crippen LogP contribution in [0, 0.1) is 11.8 Å². The fraction of sp³-hybridized carbons (Fsp3) is 0.708. The number of aliphatic hydroxyl groups is 1. The number of hydrogen-bond acceptors (Lipinski definition) is 4. The lowest BCUT2D eigenvalue weighted by atomic mass is 9.74. The molecule has 0 radical (unpaired) electrons. The summed E-state index contributed by atoms with van der Waals surface area (Å²) in [5, 5.41) is 26.4. The van der Waals surface area contributed by atoms with Crippen molar-refractivity contribution >= 4 is 5.97 Å². The van der Waals surface area contributed by atoms with Gasteiger partial charge in [-0.25, -0.2) is 4.79 Å². The van der Waals surface area contributed by atoms with Gasteiger partial charge in [-0.1, -0.05) is 69.6 Å². The van der Waals surface area contributed by atoms with E-state index in [2.05, 4.69) is 10.6 Å². The fourth-order valence-corrected chi connectivity index (χ4v) is 4.61. The minimum Gasteiger partial charge on any atom is -0.478 e. The Bertz CT molecular complexity index is 567. The Hall–Kier alpha value is -1.43. The van der Waals surface area contributed by atoms with Crippen molar-refractivity contribution in [3.05, 3.63) is 35.9 Å². The minimum absolute atomic E-state index is 0.331. The monoisotopic (exact) mass is 404 g/mol. The van der Waals surface area contributed by atoms with Gasteiger partial charge in [0.05, 0.1) is 11.2 Å². The number of β-amino-alcohol motifs (C(OH)–C–C–N with tert-alkyl or cyclic N) is 1. The molecular weight excluding hydrogens is 364 g/mol. The van der Waals surface area contributed by atoms with E-state index >= 15 is 0 Å². The van der Waals surface area contributed by atoms with E-state index in [1.165, 1.54) is 51.4 Å². The second-order valence-corrected chi connectivity index (χ2v) is 8.83. The second kappa shape index (κ2) is 13.0. The third-order valence-electron chi connectivity index (χ3n) is 6.34. The van der Waals surface area contributed by atoms with Crippen molar-refractivity contribution < 1.29 is 15.0 Å². The van der Waals surface area contributed by atoms with Gasteiger partial charge in [0.2, 0.25) is 0 Å². The Morgan fingerprint density at radius 2 is 1.52 bits per heavy atom. The molecule has 1 saturated heterocycles. The summed E-state index contributed by atoms with van der Waals surface area (Å²) >= 11 is 0. The minimum atomic E-state index is -0.879. The molecule has 164 valence electrons. The summed E-state index contributed by atoms with van der Waals surface area (Å²) in [4.78, 5) is 10.2. The van der Waals surface area contributed by atoms with Crippen LogP contribution < -0.4 is 10.6 Å². The number of carboxylic acids is 1. The zero-order chi connectivity index (χ0) is 21.0. The van der Waals surface area contributed by atoms with Crippen LogP contribution in [0.5, 0.6) is 0 Å². The Kier molecular flexibility index (Phi) is 10.7. The van der Waals surface area contributed by atoms with E-state index in [0.717, 1.165) is 32.6 Å². The number of rotatable bonds is 2. The number of carbonyl (C=O) groups is 1. The lowest BCUT2D eigenvalue weighted by Gasteiger charge is -2.38. The molecule has 29 heavy (non-hydrogen) atoms. The molecule has 0 bridgehead atoms. The molecule has 3 rings (SSSR count). The number of nitrogens with one attached hydrogen (secondary N) is 2. The lowest BCUT2D eigenvalue weighted by Crippen LogP contribution is -2.50. The van der Waals surface area contributed by atoms with Crippen molar-refractivity contribution in [1.29, 1.82) is 0 Å². The van der Waals surface area contributed by atoms with Crippen molar-refractivity contribution in [2.75, 3.05) is 26.2 Å². The topological polar surface area (TPSA) is 81.6 Å². The molecule has 0 spiro atoms. The zero-order valence-electron chi connectivity index (χ0n) is 18.0. The molecule has 1 aromatic carbocycles. The van der Waals surface area contributed by atoms with E-state index in [1.54, 1.807) is 30.3 Å². The van der Waals surface area contributed by atoms with Crippen LogP contribution in [0.2, 0.25) is 0 Å². The number of benzene rings is 1. The predicted octanol–water partition coefficient (Wildman–Crippen LogP) is 4.07. The largest absolute Gasteiger partial charge is 0.478 e. The molecule has 2 unspecified atom stereocenters. The smallest absolute Gasteiger partial charge is 0.335 e. The van der Waals surface area contributed by atoms with Crippen molar-refractivity contribution in [2.24, 2.45) is 11.8 Å². The SMILES string of the molecule is CC1(O)CNCCCNCC1C1CCCCCCCC1.O=C(O)c1ccccc1. The lowest BCUT2D eigenvalue weighted by molar-refractivity contribution is -0.0273. The van der Waals surface area contributed by atoms with Gasteiger partial charge in [-0.05, 0) is 44.5 Å². The van der Waals surface area contributed by atoms with Crippen LogP contribution in [0.25, 0.3) is 0 Å². The number of aromatic carboxylic acids is 1. The number of carboxylic acid groups (broad SMARTS) is 1. The summed E-state index contributed by atoms with van der Waals surface area (Å²) in [6.45, 7) is 5.87. The van der Waals surface area contributed by atoms with Crippen molar-refractivity contribution in [2.45, 2.75) is 70.3 Å². The summed E-state index contributed by atoms with van der Waals surface area (Å²) in [7, 11) is 0. The molecule has 5 heteroatoms. The highest BCUT2D eigenvalue weighted by Crippen LogP contribution is 2.34.